The van der Waals surface area contributed by atoms with Crippen molar-refractivity contribution in [3.8, 4) is 0 Å². The number of ether oxygens (including phenoxy) is 1. The van der Waals surface area contributed by atoms with E-state index >= 15 is 0 Å². The largest absolute Gasteiger partial charge is 0.444 e. The number of amides is 1. The van der Waals surface area contributed by atoms with E-state index in [1.165, 1.54) is 18.4 Å². The highest BCUT2D eigenvalue weighted by Crippen LogP contribution is 2.15. The first kappa shape index (κ1) is 17.0. The van der Waals surface area contributed by atoms with Crippen LogP contribution in [0.5, 0.6) is 0 Å². The highest BCUT2D eigenvalue weighted by atomic mass is 16.6. The summed E-state index contributed by atoms with van der Waals surface area (Å²) >= 11 is 0. The van der Waals surface area contributed by atoms with Crippen LogP contribution in [-0.4, -0.2) is 42.3 Å². The number of nitrogens with zero attached hydrogens (tertiary/aromatic N) is 1. The number of carbonyl (C=O) groups is 1. The van der Waals surface area contributed by atoms with Crippen LogP contribution < -0.4 is 5.32 Å². The van der Waals surface area contributed by atoms with Gasteiger partial charge >= 0.3 is 6.09 Å². The summed E-state index contributed by atoms with van der Waals surface area (Å²) in [5, 5.41) is 3.53. The third kappa shape index (κ3) is 6.42. The monoisotopic (exact) mass is 282 g/mol. The molecule has 1 rings (SSSR count). The van der Waals surface area contributed by atoms with E-state index < -0.39 is 5.60 Å². The lowest BCUT2D eigenvalue weighted by atomic mass is 10.1. The summed E-state index contributed by atoms with van der Waals surface area (Å²) in [6, 6.07) is 0.560. The zero-order valence-electron chi connectivity index (χ0n) is 13.7. The molecule has 0 aromatic heterocycles. The molecule has 0 aromatic rings. The molecule has 4 nitrogen and oxygen atoms in total. The Morgan fingerprint density at radius 2 is 2.20 bits per heavy atom. The quantitative estimate of drug-likeness (QED) is 0.786. The predicted octanol–water partition coefficient (Wildman–Crippen LogP) is 3.33. The van der Waals surface area contributed by atoms with E-state index in [1.54, 1.807) is 4.90 Å². The van der Waals surface area contributed by atoms with Gasteiger partial charge in [-0.15, -0.1) is 0 Å². The molecule has 0 fully saturated rings. The Balaban J connectivity index is 2.35. The number of nitrogens with one attached hydrogen (secondary N) is 1. The fraction of sp³-hybridized carbons (Fsp3) is 0.812. The van der Waals surface area contributed by atoms with Crippen molar-refractivity contribution in [2.45, 2.75) is 65.5 Å². The number of hydrogen-bond acceptors (Lipinski definition) is 3. The fourth-order valence-corrected chi connectivity index (χ4v) is 2.20. The Morgan fingerprint density at radius 3 is 2.70 bits per heavy atom. The predicted molar refractivity (Wildman–Crippen MR) is 82.9 cm³/mol. The molecule has 1 heterocycles. The molecule has 1 aliphatic heterocycles. The first-order valence-corrected chi connectivity index (χ1v) is 7.71. The van der Waals surface area contributed by atoms with Gasteiger partial charge < -0.3 is 15.0 Å². The van der Waals surface area contributed by atoms with Crippen LogP contribution >= 0.6 is 0 Å². The third-order valence-corrected chi connectivity index (χ3v) is 3.35. The second-order valence-corrected chi connectivity index (χ2v) is 6.61. The van der Waals surface area contributed by atoms with Gasteiger partial charge in [0, 0.05) is 25.7 Å². The summed E-state index contributed by atoms with van der Waals surface area (Å²) in [5.41, 5.74) is 0.978. The molecule has 0 saturated carbocycles. The second-order valence-electron chi connectivity index (χ2n) is 6.61. The molecule has 1 atom stereocenters. The van der Waals surface area contributed by atoms with Crippen molar-refractivity contribution in [1.29, 1.82) is 0 Å². The minimum absolute atomic E-state index is 0.208. The van der Waals surface area contributed by atoms with Crippen molar-refractivity contribution >= 4 is 6.09 Å². The second kappa shape index (κ2) is 7.67. The van der Waals surface area contributed by atoms with Gasteiger partial charge in [0.2, 0.25) is 0 Å². The molecule has 0 radical (unpaired) electrons. The molecule has 0 saturated heterocycles. The van der Waals surface area contributed by atoms with Crippen LogP contribution in [0.1, 0.15) is 53.9 Å². The van der Waals surface area contributed by atoms with Crippen LogP contribution in [0, 0.1) is 0 Å². The van der Waals surface area contributed by atoms with Gasteiger partial charge in [0.1, 0.15) is 5.60 Å². The van der Waals surface area contributed by atoms with Gasteiger partial charge in [-0.1, -0.05) is 25.0 Å². The maximum Gasteiger partial charge on any atom is 0.410 e. The van der Waals surface area contributed by atoms with Crippen LogP contribution in [0.4, 0.5) is 4.79 Å². The third-order valence-electron chi connectivity index (χ3n) is 3.35. The molecule has 0 bridgehead atoms. The van der Waals surface area contributed by atoms with Gasteiger partial charge in [-0.05, 0) is 40.5 Å². The first-order chi connectivity index (χ1) is 9.31. The van der Waals surface area contributed by atoms with Gasteiger partial charge in [0.05, 0.1) is 0 Å². The first-order valence-electron chi connectivity index (χ1n) is 7.71. The molecular weight excluding hydrogens is 252 g/mol. The maximum atomic E-state index is 11.9. The fourth-order valence-electron chi connectivity index (χ4n) is 2.20. The lowest BCUT2D eigenvalue weighted by Gasteiger charge is -2.30. The Kier molecular flexibility index (Phi) is 6.53. The highest BCUT2D eigenvalue weighted by molar-refractivity contribution is 5.68. The van der Waals surface area contributed by atoms with Crippen molar-refractivity contribution in [2.24, 2.45) is 0 Å². The van der Waals surface area contributed by atoms with E-state index in [4.69, 9.17) is 4.74 Å². The average Bonchev–Trinajstić information content (AvgIpc) is 2.35. The Bertz CT molecular complexity index is 345. The minimum Gasteiger partial charge on any atom is -0.444 e. The van der Waals surface area contributed by atoms with Gasteiger partial charge in [-0.2, -0.15) is 0 Å². The molecule has 1 aliphatic rings. The van der Waals surface area contributed by atoms with Crippen molar-refractivity contribution in [3.63, 3.8) is 0 Å². The Morgan fingerprint density at radius 1 is 1.50 bits per heavy atom. The van der Waals surface area contributed by atoms with Gasteiger partial charge in [0.15, 0.2) is 0 Å². The molecule has 20 heavy (non-hydrogen) atoms. The highest BCUT2D eigenvalue weighted by Gasteiger charge is 2.23. The van der Waals surface area contributed by atoms with E-state index in [0.29, 0.717) is 12.6 Å². The van der Waals surface area contributed by atoms with E-state index in [9.17, 15) is 4.79 Å². The zero-order valence-corrected chi connectivity index (χ0v) is 13.7. The molecule has 0 aliphatic carbocycles. The molecule has 0 spiro atoms. The Hall–Kier alpha value is -1.03. The maximum absolute atomic E-state index is 11.9. The number of rotatable bonds is 5. The SMILES string of the molecule is CCCC(C)NCC1=CCN(C(=O)OC(C)(C)C)CC1. The van der Waals surface area contributed by atoms with E-state index in [2.05, 4.69) is 25.2 Å². The summed E-state index contributed by atoms with van der Waals surface area (Å²) in [6.07, 6.45) is 5.29. The lowest BCUT2D eigenvalue weighted by molar-refractivity contribution is 0.0265. The van der Waals surface area contributed by atoms with Crippen LogP contribution in [0.25, 0.3) is 0 Å². The average molecular weight is 282 g/mol. The van der Waals surface area contributed by atoms with Crippen LogP contribution in [-0.2, 0) is 4.74 Å². The lowest BCUT2D eigenvalue weighted by Crippen LogP contribution is -2.40. The zero-order chi connectivity index (χ0) is 15.2. The smallest absolute Gasteiger partial charge is 0.410 e. The topological polar surface area (TPSA) is 41.6 Å². The van der Waals surface area contributed by atoms with E-state index in [1.807, 2.05) is 20.8 Å². The molecule has 1 N–H and O–H groups in total. The van der Waals surface area contributed by atoms with Crippen LogP contribution in [0.3, 0.4) is 0 Å². The molecular formula is C16H30N2O2. The van der Waals surface area contributed by atoms with E-state index in [0.717, 1.165) is 19.5 Å². The van der Waals surface area contributed by atoms with Crippen molar-refractivity contribution in [2.75, 3.05) is 19.6 Å². The summed E-state index contributed by atoms with van der Waals surface area (Å²) in [5.74, 6) is 0. The van der Waals surface area contributed by atoms with Gasteiger partial charge in [0.25, 0.3) is 0 Å². The van der Waals surface area contributed by atoms with Crippen LogP contribution in [0.2, 0.25) is 0 Å². The normalized spacial score (nSPS) is 17.6. The van der Waals surface area contributed by atoms with Gasteiger partial charge in [-0.25, -0.2) is 4.79 Å². The number of carbonyl (C=O) groups excluding carboxylic acids is 1. The Labute approximate surface area is 123 Å². The van der Waals surface area contributed by atoms with Crippen molar-refractivity contribution in [3.05, 3.63) is 11.6 Å². The van der Waals surface area contributed by atoms with Crippen molar-refractivity contribution in [1.82, 2.24) is 10.2 Å². The summed E-state index contributed by atoms with van der Waals surface area (Å²) in [4.78, 5) is 13.7. The number of hydrogen-bond donors (Lipinski definition) is 1. The standard InChI is InChI=1S/C16H30N2O2/c1-6-7-13(2)17-12-14-8-10-18(11-9-14)15(19)20-16(3,4)5/h8,13,17H,6-7,9-12H2,1-5H3. The molecule has 1 amide bonds. The molecule has 116 valence electrons. The van der Waals surface area contributed by atoms with Gasteiger partial charge in [-0.3, -0.25) is 0 Å². The molecule has 4 heteroatoms. The molecule has 0 aromatic carbocycles. The summed E-state index contributed by atoms with van der Waals surface area (Å²) in [7, 11) is 0. The summed E-state index contributed by atoms with van der Waals surface area (Å²) < 4.78 is 5.38. The molecule has 1 unspecified atom stereocenters. The van der Waals surface area contributed by atoms with E-state index in [-0.39, 0.29) is 6.09 Å². The van der Waals surface area contributed by atoms with Crippen LogP contribution in [0.15, 0.2) is 11.6 Å². The summed E-state index contributed by atoms with van der Waals surface area (Å²) in [6.45, 7) is 12.5. The van der Waals surface area contributed by atoms with Crippen molar-refractivity contribution < 1.29 is 9.53 Å². The minimum atomic E-state index is -0.418.